The zero-order valence-corrected chi connectivity index (χ0v) is 19.5. The Hall–Kier alpha value is -3.16. The minimum absolute atomic E-state index is 0.169. The molecular formula is C26H29F2N5O. The second-order valence-corrected chi connectivity index (χ2v) is 9.63. The van der Waals surface area contributed by atoms with Crippen LogP contribution < -0.4 is 5.32 Å². The number of alkyl halides is 2. The highest BCUT2D eigenvalue weighted by molar-refractivity contribution is 6.01. The number of allylic oxidation sites excluding steroid dienone is 1. The van der Waals surface area contributed by atoms with Crippen LogP contribution in [0.3, 0.4) is 0 Å². The first-order chi connectivity index (χ1) is 16.3. The number of nitrogens with zero attached hydrogens (tertiary/aromatic N) is 4. The van der Waals surface area contributed by atoms with Crippen molar-refractivity contribution in [2.45, 2.75) is 58.3 Å². The zero-order valence-electron chi connectivity index (χ0n) is 19.5. The van der Waals surface area contributed by atoms with Gasteiger partial charge in [-0.2, -0.15) is 5.10 Å². The van der Waals surface area contributed by atoms with Gasteiger partial charge in [0, 0.05) is 49.5 Å². The monoisotopic (exact) mass is 465 g/mol. The number of hydrogen-bond acceptors (Lipinski definition) is 4. The van der Waals surface area contributed by atoms with E-state index in [2.05, 4.69) is 15.4 Å². The molecule has 0 unspecified atom stereocenters. The number of aryl methyl sites for hydroxylation is 1. The Kier molecular flexibility index (Phi) is 5.91. The van der Waals surface area contributed by atoms with E-state index in [1.54, 1.807) is 4.52 Å². The van der Waals surface area contributed by atoms with Gasteiger partial charge in [-0.25, -0.2) is 23.3 Å². The van der Waals surface area contributed by atoms with Gasteiger partial charge < -0.3 is 5.32 Å². The lowest BCUT2D eigenvalue weighted by Gasteiger charge is -2.34. The van der Waals surface area contributed by atoms with Crippen LogP contribution in [0, 0.1) is 18.8 Å². The lowest BCUT2D eigenvalue weighted by atomic mass is 9.81. The van der Waals surface area contributed by atoms with Crippen LogP contribution in [0.15, 0.2) is 36.8 Å². The molecule has 2 aliphatic rings. The number of rotatable bonds is 7. The van der Waals surface area contributed by atoms with E-state index in [1.165, 1.54) is 25.5 Å². The Balaban J connectivity index is 1.36. The van der Waals surface area contributed by atoms with Gasteiger partial charge in [-0.05, 0) is 49.0 Å². The third kappa shape index (κ3) is 4.45. The summed E-state index contributed by atoms with van der Waals surface area (Å²) in [5, 5.41) is 7.08. The second kappa shape index (κ2) is 8.89. The summed E-state index contributed by atoms with van der Waals surface area (Å²) in [6, 6.07) is 3.88. The number of carbonyl (C=O) groups is 1. The summed E-state index contributed by atoms with van der Waals surface area (Å²) in [5.41, 5.74) is 4.89. The highest BCUT2D eigenvalue weighted by Crippen LogP contribution is 2.41. The van der Waals surface area contributed by atoms with Gasteiger partial charge in [0.1, 0.15) is 5.82 Å². The summed E-state index contributed by atoms with van der Waals surface area (Å²) < 4.78 is 27.8. The molecule has 1 N–H and O–H groups in total. The highest BCUT2D eigenvalue weighted by Gasteiger charge is 2.45. The Morgan fingerprint density at radius 2 is 2.03 bits per heavy atom. The molecule has 0 saturated heterocycles. The first-order valence-corrected chi connectivity index (χ1v) is 12.0. The van der Waals surface area contributed by atoms with E-state index in [1.807, 2.05) is 44.4 Å². The molecule has 5 rings (SSSR count). The van der Waals surface area contributed by atoms with E-state index in [0.29, 0.717) is 17.0 Å². The Morgan fingerprint density at radius 3 is 2.68 bits per heavy atom. The fourth-order valence-corrected chi connectivity index (χ4v) is 4.90. The summed E-state index contributed by atoms with van der Waals surface area (Å²) in [5.74, 6) is -1.46. The van der Waals surface area contributed by atoms with E-state index in [-0.39, 0.29) is 31.2 Å². The van der Waals surface area contributed by atoms with Crippen molar-refractivity contribution in [3.8, 4) is 0 Å². The molecule has 0 radical (unpaired) electrons. The van der Waals surface area contributed by atoms with Crippen LogP contribution in [0.25, 0.3) is 11.1 Å². The molecule has 3 aromatic rings. The van der Waals surface area contributed by atoms with E-state index in [0.717, 1.165) is 34.6 Å². The highest BCUT2D eigenvalue weighted by atomic mass is 19.3. The van der Waals surface area contributed by atoms with Crippen molar-refractivity contribution in [3.63, 3.8) is 0 Å². The van der Waals surface area contributed by atoms with Crippen LogP contribution >= 0.6 is 0 Å². The van der Waals surface area contributed by atoms with Crippen molar-refractivity contribution < 1.29 is 13.6 Å². The molecule has 0 bridgehead atoms. The summed E-state index contributed by atoms with van der Waals surface area (Å²) in [6.45, 7) is 4.22. The molecule has 0 aromatic carbocycles. The molecular weight excluding hydrogens is 436 g/mol. The number of halogens is 2. The van der Waals surface area contributed by atoms with Gasteiger partial charge in [-0.3, -0.25) is 4.79 Å². The maximum Gasteiger partial charge on any atom is 0.255 e. The number of aromatic nitrogens is 4. The Bertz CT molecular complexity index is 1250. The van der Waals surface area contributed by atoms with Crippen LogP contribution in [0.4, 0.5) is 8.78 Å². The van der Waals surface area contributed by atoms with Crippen LogP contribution in [-0.4, -0.2) is 38.0 Å². The van der Waals surface area contributed by atoms with E-state index >= 15 is 0 Å². The van der Waals surface area contributed by atoms with Crippen molar-refractivity contribution >= 4 is 17.0 Å². The summed E-state index contributed by atoms with van der Waals surface area (Å²) in [4.78, 5) is 22.2. The summed E-state index contributed by atoms with van der Waals surface area (Å²) >= 11 is 0. The number of fused-ring (bicyclic) bond motifs is 1. The van der Waals surface area contributed by atoms with Gasteiger partial charge in [0.05, 0.1) is 17.3 Å². The molecule has 0 spiro atoms. The number of carbonyl (C=O) groups excluding carboxylic acids is 1. The Labute approximate surface area is 197 Å². The third-order valence-electron chi connectivity index (χ3n) is 7.11. The molecule has 34 heavy (non-hydrogen) atoms. The lowest BCUT2D eigenvalue weighted by molar-refractivity contribution is -0.108. The van der Waals surface area contributed by atoms with Crippen LogP contribution in [-0.2, 0) is 6.42 Å². The zero-order chi connectivity index (χ0) is 23.9. The fourth-order valence-electron chi connectivity index (χ4n) is 4.90. The molecule has 1 amide bonds. The van der Waals surface area contributed by atoms with Gasteiger partial charge >= 0.3 is 0 Å². The van der Waals surface area contributed by atoms with Crippen LogP contribution in [0.2, 0.25) is 0 Å². The van der Waals surface area contributed by atoms with Crippen molar-refractivity contribution in [2.75, 3.05) is 6.54 Å². The quantitative estimate of drug-likeness (QED) is 0.533. The van der Waals surface area contributed by atoms with E-state index in [4.69, 9.17) is 4.98 Å². The molecule has 3 heterocycles. The lowest BCUT2D eigenvalue weighted by Crippen LogP contribution is -2.42. The number of pyridine rings is 1. The average molecular weight is 466 g/mol. The van der Waals surface area contributed by atoms with E-state index < -0.39 is 5.92 Å². The molecule has 2 fully saturated rings. The number of nitrogens with one attached hydrogen (secondary N) is 1. The minimum Gasteiger partial charge on any atom is -0.352 e. The molecule has 178 valence electrons. The molecule has 2 aliphatic carbocycles. The van der Waals surface area contributed by atoms with Crippen molar-refractivity contribution in [3.05, 3.63) is 65.0 Å². The summed E-state index contributed by atoms with van der Waals surface area (Å²) in [6.07, 6.45) is 11.7. The van der Waals surface area contributed by atoms with Gasteiger partial charge in [0.25, 0.3) is 5.91 Å². The van der Waals surface area contributed by atoms with Crippen molar-refractivity contribution in [1.82, 2.24) is 24.9 Å². The largest absolute Gasteiger partial charge is 0.352 e. The maximum absolute atomic E-state index is 13.1. The Morgan fingerprint density at radius 1 is 1.24 bits per heavy atom. The molecule has 0 aliphatic heterocycles. The van der Waals surface area contributed by atoms with E-state index in [9.17, 15) is 13.6 Å². The van der Waals surface area contributed by atoms with Crippen molar-refractivity contribution in [1.29, 1.82) is 0 Å². The normalized spacial score (nSPS) is 18.5. The second-order valence-electron chi connectivity index (χ2n) is 9.63. The summed E-state index contributed by atoms with van der Waals surface area (Å²) in [7, 11) is 0. The number of hydrogen-bond donors (Lipinski definition) is 1. The first kappa shape index (κ1) is 22.6. The molecule has 8 heteroatoms. The average Bonchev–Trinajstić information content (AvgIpc) is 3.18. The molecule has 0 atom stereocenters. The van der Waals surface area contributed by atoms with Crippen LogP contribution in [0.5, 0.6) is 0 Å². The smallest absolute Gasteiger partial charge is 0.255 e. The van der Waals surface area contributed by atoms with Crippen molar-refractivity contribution in [2.24, 2.45) is 11.8 Å². The van der Waals surface area contributed by atoms with Crippen LogP contribution in [0.1, 0.15) is 72.0 Å². The molecule has 3 aromatic heterocycles. The van der Waals surface area contributed by atoms with Gasteiger partial charge in [-0.1, -0.05) is 25.3 Å². The SMILES string of the molecule is C/C=C(/c1ccn2ncc(C(=O)NCC3CC(F)(F)C3)c2c1)c1cnc(CC2CCC2)nc1C. The standard InChI is InChI=1S/C26H29F2N5O/c1-3-20(21-14-29-24(32-16(21)2)9-17-5-4-6-17)19-7-8-33-23(10-19)22(15-31-33)25(34)30-13-18-11-26(27,28)12-18/h3,7-8,10,14-15,17-18H,4-6,9,11-13H2,1-2H3,(H,30,34)/b20-3-. The predicted molar refractivity (Wildman–Crippen MR) is 126 cm³/mol. The minimum atomic E-state index is -2.59. The third-order valence-corrected chi connectivity index (χ3v) is 7.11. The van der Waals surface area contributed by atoms with Gasteiger partial charge in [0.15, 0.2) is 0 Å². The predicted octanol–water partition coefficient (Wildman–Crippen LogP) is 5.00. The molecule has 6 nitrogen and oxygen atoms in total. The molecule has 2 saturated carbocycles. The van der Waals surface area contributed by atoms with Gasteiger partial charge in [0.2, 0.25) is 5.92 Å². The maximum atomic E-state index is 13.1. The number of amides is 1. The first-order valence-electron chi connectivity index (χ1n) is 12.0. The topological polar surface area (TPSA) is 72.2 Å². The van der Waals surface area contributed by atoms with Gasteiger partial charge in [-0.15, -0.1) is 0 Å². The fraction of sp³-hybridized carbons (Fsp3) is 0.462.